The summed E-state index contributed by atoms with van der Waals surface area (Å²) in [6, 6.07) is 13.5. The fourth-order valence-electron chi connectivity index (χ4n) is 2.77. The normalized spacial score (nSPS) is 11.9. The number of nitrogens with one attached hydrogen (secondary N) is 1. The van der Waals surface area contributed by atoms with E-state index in [0.717, 1.165) is 5.75 Å². The van der Waals surface area contributed by atoms with Gasteiger partial charge in [0.2, 0.25) is 5.91 Å². The molecule has 1 aromatic heterocycles. The molecule has 0 aliphatic heterocycles. The number of methoxy groups -OCH3 is 1. The zero-order valence-corrected chi connectivity index (χ0v) is 19.4. The summed E-state index contributed by atoms with van der Waals surface area (Å²) in [6.45, 7) is 6.12. The van der Waals surface area contributed by atoms with Crippen molar-refractivity contribution in [1.82, 2.24) is 20.1 Å². The SMILES string of the molecule is COc1ccc(OCc2nnc(SCC(=O)NC(C)C(C)C)n2-c2ccccc2F)cc1. The van der Waals surface area contributed by atoms with Crippen molar-refractivity contribution in [3.8, 4) is 17.2 Å². The number of carbonyl (C=O) groups excluding carboxylic acids is 1. The van der Waals surface area contributed by atoms with Gasteiger partial charge >= 0.3 is 0 Å². The van der Waals surface area contributed by atoms with Gasteiger partial charge in [0.25, 0.3) is 0 Å². The van der Waals surface area contributed by atoms with E-state index in [4.69, 9.17) is 9.47 Å². The molecule has 0 bridgehead atoms. The second-order valence-electron chi connectivity index (χ2n) is 7.54. The Bertz CT molecular complexity index is 1040. The summed E-state index contributed by atoms with van der Waals surface area (Å²) in [5.41, 5.74) is 0.296. The first-order valence-electron chi connectivity index (χ1n) is 10.3. The van der Waals surface area contributed by atoms with Crippen molar-refractivity contribution in [2.24, 2.45) is 5.92 Å². The molecule has 3 aromatic rings. The van der Waals surface area contributed by atoms with E-state index in [0.29, 0.717) is 28.3 Å². The average molecular weight is 459 g/mol. The lowest BCUT2D eigenvalue weighted by Gasteiger charge is -2.17. The van der Waals surface area contributed by atoms with Gasteiger partial charge in [-0.3, -0.25) is 9.36 Å². The van der Waals surface area contributed by atoms with E-state index in [9.17, 15) is 9.18 Å². The van der Waals surface area contributed by atoms with Crippen molar-refractivity contribution in [3.63, 3.8) is 0 Å². The minimum atomic E-state index is -0.419. The van der Waals surface area contributed by atoms with Crippen molar-refractivity contribution in [2.45, 2.75) is 38.6 Å². The Labute approximate surface area is 191 Å². The molecule has 32 heavy (non-hydrogen) atoms. The number of aromatic nitrogens is 3. The Hall–Kier alpha value is -3.07. The molecule has 1 unspecified atom stereocenters. The van der Waals surface area contributed by atoms with Crippen LogP contribution in [-0.2, 0) is 11.4 Å². The maximum atomic E-state index is 14.6. The monoisotopic (exact) mass is 458 g/mol. The van der Waals surface area contributed by atoms with E-state index >= 15 is 0 Å². The smallest absolute Gasteiger partial charge is 0.230 e. The molecule has 0 saturated heterocycles. The van der Waals surface area contributed by atoms with Gasteiger partial charge < -0.3 is 14.8 Å². The van der Waals surface area contributed by atoms with Crippen LogP contribution < -0.4 is 14.8 Å². The number of rotatable bonds is 10. The lowest BCUT2D eigenvalue weighted by molar-refractivity contribution is -0.119. The quantitative estimate of drug-likeness (QED) is 0.458. The molecule has 0 spiro atoms. The molecule has 0 aliphatic carbocycles. The first kappa shape index (κ1) is 23.6. The largest absolute Gasteiger partial charge is 0.497 e. The van der Waals surface area contributed by atoms with Crippen LogP contribution in [0.1, 0.15) is 26.6 Å². The lowest BCUT2D eigenvalue weighted by atomic mass is 10.1. The first-order chi connectivity index (χ1) is 15.4. The van der Waals surface area contributed by atoms with Gasteiger partial charge in [-0.1, -0.05) is 37.7 Å². The highest BCUT2D eigenvalue weighted by Gasteiger charge is 2.19. The van der Waals surface area contributed by atoms with Gasteiger partial charge in [-0.15, -0.1) is 10.2 Å². The van der Waals surface area contributed by atoms with Crippen LogP contribution in [0, 0.1) is 11.7 Å². The second-order valence-corrected chi connectivity index (χ2v) is 8.48. The molecule has 7 nitrogen and oxygen atoms in total. The highest BCUT2D eigenvalue weighted by molar-refractivity contribution is 7.99. The van der Waals surface area contributed by atoms with Crippen LogP contribution in [0.15, 0.2) is 53.7 Å². The number of carbonyl (C=O) groups is 1. The first-order valence-corrected chi connectivity index (χ1v) is 11.3. The van der Waals surface area contributed by atoms with E-state index in [1.54, 1.807) is 54.1 Å². The number of thioether (sulfide) groups is 1. The molecule has 3 rings (SSSR count). The van der Waals surface area contributed by atoms with E-state index in [1.165, 1.54) is 17.8 Å². The fourth-order valence-corrected chi connectivity index (χ4v) is 3.55. The lowest BCUT2D eigenvalue weighted by Crippen LogP contribution is -2.37. The van der Waals surface area contributed by atoms with Gasteiger partial charge in [0.05, 0.1) is 18.6 Å². The van der Waals surface area contributed by atoms with Crippen molar-refractivity contribution in [2.75, 3.05) is 12.9 Å². The Balaban J connectivity index is 1.79. The third-order valence-corrected chi connectivity index (χ3v) is 5.87. The molecule has 1 amide bonds. The highest BCUT2D eigenvalue weighted by atomic mass is 32.2. The number of hydrogen-bond donors (Lipinski definition) is 1. The topological polar surface area (TPSA) is 78.3 Å². The molecule has 9 heteroatoms. The van der Waals surface area contributed by atoms with Gasteiger partial charge in [-0.25, -0.2) is 4.39 Å². The summed E-state index contributed by atoms with van der Waals surface area (Å²) in [4.78, 5) is 12.3. The van der Waals surface area contributed by atoms with Crippen molar-refractivity contribution in [3.05, 3.63) is 60.2 Å². The van der Waals surface area contributed by atoms with Crippen LogP contribution >= 0.6 is 11.8 Å². The van der Waals surface area contributed by atoms with Crippen LogP contribution in [0.2, 0.25) is 0 Å². The number of amides is 1. The molecule has 0 fully saturated rings. The summed E-state index contributed by atoms with van der Waals surface area (Å²) in [5, 5.41) is 11.8. The average Bonchev–Trinajstić information content (AvgIpc) is 3.19. The predicted octanol–water partition coefficient (Wildman–Crippen LogP) is 4.25. The van der Waals surface area contributed by atoms with Gasteiger partial charge in [0.1, 0.15) is 23.9 Å². The number of para-hydroxylation sites is 1. The molecular weight excluding hydrogens is 431 g/mol. The zero-order chi connectivity index (χ0) is 23.1. The van der Waals surface area contributed by atoms with E-state index in [1.807, 2.05) is 20.8 Å². The Kier molecular flexibility index (Phi) is 8.10. The standard InChI is InChI=1S/C23H27FN4O3S/c1-15(2)16(3)25-22(29)14-32-23-27-26-21(28(23)20-8-6-5-7-19(20)24)13-31-18-11-9-17(30-4)10-12-18/h5-12,15-16H,13-14H2,1-4H3,(H,25,29). The molecule has 2 aromatic carbocycles. The molecule has 0 saturated carbocycles. The van der Waals surface area contributed by atoms with Crippen LogP contribution in [-0.4, -0.2) is 39.6 Å². The molecule has 170 valence electrons. The Morgan fingerprint density at radius 3 is 2.44 bits per heavy atom. The van der Waals surface area contributed by atoms with Crippen molar-refractivity contribution < 1.29 is 18.7 Å². The van der Waals surface area contributed by atoms with Crippen LogP contribution in [0.3, 0.4) is 0 Å². The maximum absolute atomic E-state index is 14.6. The van der Waals surface area contributed by atoms with Crippen LogP contribution in [0.5, 0.6) is 11.5 Å². The van der Waals surface area contributed by atoms with Gasteiger partial charge in [0, 0.05) is 6.04 Å². The summed E-state index contributed by atoms with van der Waals surface area (Å²) in [5.74, 6) is 1.69. The van der Waals surface area contributed by atoms with Gasteiger partial charge in [0.15, 0.2) is 11.0 Å². The van der Waals surface area contributed by atoms with E-state index in [2.05, 4.69) is 15.5 Å². The highest BCUT2D eigenvalue weighted by Crippen LogP contribution is 2.25. The predicted molar refractivity (Wildman–Crippen MR) is 122 cm³/mol. The van der Waals surface area contributed by atoms with Crippen molar-refractivity contribution in [1.29, 1.82) is 0 Å². The van der Waals surface area contributed by atoms with Gasteiger partial charge in [-0.05, 0) is 49.2 Å². The third-order valence-electron chi connectivity index (χ3n) is 4.94. The second kappa shape index (κ2) is 11.0. The number of nitrogens with zero attached hydrogens (tertiary/aromatic N) is 3. The fraction of sp³-hybridized carbons (Fsp3) is 0.348. The third kappa shape index (κ3) is 6.00. The molecule has 1 atom stereocenters. The molecule has 1 heterocycles. The Morgan fingerprint density at radius 1 is 1.09 bits per heavy atom. The summed E-state index contributed by atoms with van der Waals surface area (Å²) in [7, 11) is 1.59. The molecule has 0 aliphatic rings. The van der Waals surface area contributed by atoms with E-state index in [-0.39, 0.29) is 24.3 Å². The van der Waals surface area contributed by atoms with Gasteiger partial charge in [-0.2, -0.15) is 0 Å². The number of hydrogen-bond acceptors (Lipinski definition) is 6. The number of halogens is 1. The minimum absolute atomic E-state index is 0.0565. The molecule has 1 N–H and O–H groups in total. The number of ether oxygens (including phenoxy) is 2. The Morgan fingerprint density at radius 2 is 1.78 bits per heavy atom. The minimum Gasteiger partial charge on any atom is -0.497 e. The van der Waals surface area contributed by atoms with Crippen LogP contribution in [0.25, 0.3) is 5.69 Å². The molecule has 0 radical (unpaired) electrons. The van der Waals surface area contributed by atoms with E-state index < -0.39 is 5.82 Å². The number of benzene rings is 2. The summed E-state index contributed by atoms with van der Waals surface area (Å²) < 4.78 is 27.2. The zero-order valence-electron chi connectivity index (χ0n) is 18.5. The summed E-state index contributed by atoms with van der Waals surface area (Å²) >= 11 is 1.20. The van der Waals surface area contributed by atoms with Crippen LogP contribution in [0.4, 0.5) is 4.39 Å². The molecular formula is C23H27FN4O3S. The summed E-state index contributed by atoms with van der Waals surface area (Å²) in [6.07, 6.45) is 0. The van der Waals surface area contributed by atoms with Crippen molar-refractivity contribution >= 4 is 17.7 Å². The maximum Gasteiger partial charge on any atom is 0.230 e.